The van der Waals surface area contributed by atoms with E-state index in [-0.39, 0.29) is 24.0 Å². The van der Waals surface area contributed by atoms with Crippen LogP contribution in [-0.4, -0.2) is 19.1 Å². The maximum Gasteiger partial charge on any atom is 0.339 e. The molecular formula is C21H29NO4. The van der Waals surface area contributed by atoms with Gasteiger partial charge >= 0.3 is 5.63 Å². The molecule has 5 heteroatoms. The first-order valence-electron chi connectivity index (χ1n) is 9.36. The highest BCUT2D eigenvalue weighted by Gasteiger charge is 2.14. The number of benzene rings is 1. The summed E-state index contributed by atoms with van der Waals surface area (Å²) in [5.41, 5.74) is 1.55. The lowest BCUT2D eigenvalue weighted by molar-refractivity contribution is -0.121. The fourth-order valence-electron chi connectivity index (χ4n) is 3.15. The number of hydrogen-bond acceptors (Lipinski definition) is 4. The molecule has 142 valence electrons. The van der Waals surface area contributed by atoms with Crippen molar-refractivity contribution in [1.29, 1.82) is 0 Å². The summed E-state index contributed by atoms with van der Waals surface area (Å²) in [5.74, 6) is 0.617. The third-order valence-electron chi connectivity index (χ3n) is 4.74. The lowest BCUT2D eigenvalue weighted by Gasteiger charge is -2.14. The van der Waals surface area contributed by atoms with Gasteiger partial charge in [0.05, 0.1) is 7.11 Å². The van der Waals surface area contributed by atoms with Gasteiger partial charge in [0.15, 0.2) is 0 Å². The molecule has 2 aromatic rings. The maximum atomic E-state index is 12.3. The summed E-state index contributed by atoms with van der Waals surface area (Å²) in [6, 6.07) is 5.59. The summed E-state index contributed by atoms with van der Waals surface area (Å²) in [4.78, 5) is 24.5. The highest BCUT2D eigenvalue weighted by atomic mass is 16.5. The van der Waals surface area contributed by atoms with E-state index in [4.69, 9.17) is 9.15 Å². The first-order chi connectivity index (χ1) is 12.5. The lowest BCUT2D eigenvalue weighted by atomic mass is 10.0. The predicted molar refractivity (Wildman–Crippen MR) is 104 cm³/mol. The van der Waals surface area contributed by atoms with Gasteiger partial charge in [-0.1, -0.05) is 26.2 Å². The number of hydrogen-bond donors (Lipinski definition) is 1. The minimum absolute atomic E-state index is 0.0253. The van der Waals surface area contributed by atoms with Crippen molar-refractivity contribution in [3.63, 3.8) is 0 Å². The van der Waals surface area contributed by atoms with E-state index in [1.807, 2.05) is 26.0 Å². The van der Waals surface area contributed by atoms with Crippen LogP contribution in [0, 0.1) is 6.92 Å². The second-order valence-corrected chi connectivity index (χ2v) is 6.82. The van der Waals surface area contributed by atoms with Crippen molar-refractivity contribution in [1.82, 2.24) is 5.32 Å². The monoisotopic (exact) mass is 359 g/mol. The minimum atomic E-state index is -0.382. The molecule has 0 radical (unpaired) electrons. The average molecular weight is 359 g/mol. The molecule has 1 heterocycles. The Balaban J connectivity index is 2.04. The number of nitrogens with one attached hydrogen (secondary N) is 1. The van der Waals surface area contributed by atoms with Gasteiger partial charge < -0.3 is 14.5 Å². The summed E-state index contributed by atoms with van der Waals surface area (Å²) in [6.45, 7) is 6.08. The molecule has 0 fully saturated rings. The molecule has 26 heavy (non-hydrogen) atoms. The fourth-order valence-corrected chi connectivity index (χ4v) is 3.15. The van der Waals surface area contributed by atoms with E-state index in [2.05, 4.69) is 12.2 Å². The Morgan fingerprint density at radius 1 is 1.31 bits per heavy atom. The SMILES string of the molecule is CCCCCC(C)NC(=O)CCc1c(C)c2ccc(OC)cc2oc1=O. The number of carbonyl (C=O) groups excluding carboxylic acids is 1. The van der Waals surface area contributed by atoms with E-state index in [0.717, 1.165) is 23.8 Å². The van der Waals surface area contributed by atoms with Crippen LogP contribution in [0.25, 0.3) is 11.0 Å². The van der Waals surface area contributed by atoms with Gasteiger partial charge in [0, 0.05) is 29.5 Å². The Labute approximate surface area is 154 Å². The number of unbranched alkanes of at least 4 members (excludes halogenated alkanes) is 2. The smallest absolute Gasteiger partial charge is 0.339 e. The van der Waals surface area contributed by atoms with Gasteiger partial charge in [0.1, 0.15) is 11.3 Å². The number of methoxy groups -OCH3 is 1. The van der Waals surface area contributed by atoms with E-state index >= 15 is 0 Å². The lowest BCUT2D eigenvalue weighted by Crippen LogP contribution is -2.33. The normalized spacial score (nSPS) is 12.2. The topological polar surface area (TPSA) is 68.5 Å². The van der Waals surface area contributed by atoms with Gasteiger partial charge in [-0.2, -0.15) is 0 Å². The highest BCUT2D eigenvalue weighted by Crippen LogP contribution is 2.24. The van der Waals surface area contributed by atoms with Crippen LogP contribution in [0.2, 0.25) is 0 Å². The molecule has 1 N–H and O–H groups in total. The molecule has 1 amide bonds. The van der Waals surface area contributed by atoms with Crippen molar-refractivity contribution >= 4 is 16.9 Å². The maximum absolute atomic E-state index is 12.3. The molecule has 0 saturated heterocycles. The van der Waals surface area contributed by atoms with Gasteiger partial charge in [-0.15, -0.1) is 0 Å². The number of carbonyl (C=O) groups is 1. The molecule has 0 spiro atoms. The van der Waals surface area contributed by atoms with E-state index in [1.165, 1.54) is 12.8 Å². The molecular weight excluding hydrogens is 330 g/mol. The van der Waals surface area contributed by atoms with Crippen LogP contribution in [-0.2, 0) is 11.2 Å². The van der Waals surface area contributed by atoms with Crippen LogP contribution in [0.3, 0.4) is 0 Å². The largest absolute Gasteiger partial charge is 0.497 e. The molecule has 2 rings (SSSR count). The van der Waals surface area contributed by atoms with Crippen LogP contribution in [0.4, 0.5) is 0 Å². The van der Waals surface area contributed by atoms with Gasteiger partial charge in [-0.05, 0) is 44.4 Å². The Kier molecular flexibility index (Phi) is 7.25. The molecule has 1 unspecified atom stereocenters. The molecule has 0 aliphatic rings. The van der Waals surface area contributed by atoms with Gasteiger partial charge in [-0.3, -0.25) is 4.79 Å². The van der Waals surface area contributed by atoms with Crippen LogP contribution in [0.5, 0.6) is 5.75 Å². The van der Waals surface area contributed by atoms with E-state index in [9.17, 15) is 9.59 Å². The van der Waals surface area contributed by atoms with Crippen molar-refractivity contribution in [2.24, 2.45) is 0 Å². The second kappa shape index (κ2) is 9.41. The van der Waals surface area contributed by atoms with E-state index in [1.54, 1.807) is 13.2 Å². The van der Waals surface area contributed by atoms with Crippen molar-refractivity contribution in [3.8, 4) is 5.75 Å². The van der Waals surface area contributed by atoms with Crippen molar-refractivity contribution in [2.75, 3.05) is 7.11 Å². The van der Waals surface area contributed by atoms with Gasteiger partial charge in [-0.25, -0.2) is 4.79 Å². The first-order valence-corrected chi connectivity index (χ1v) is 9.36. The molecule has 0 aliphatic heterocycles. The quantitative estimate of drug-likeness (QED) is 0.540. The standard InChI is InChI=1S/C21H29NO4/c1-5-6-7-8-14(2)22-20(23)12-11-18-15(3)17-10-9-16(25-4)13-19(17)26-21(18)24/h9-10,13-14H,5-8,11-12H2,1-4H3,(H,22,23). The molecule has 1 aromatic carbocycles. The average Bonchev–Trinajstić information content (AvgIpc) is 2.61. The van der Waals surface area contributed by atoms with Crippen LogP contribution in [0.15, 0.2) is 27.4 Å². The summed E-state index contributed by atoms with van der Waals surface area (Å²) in [7, 11) is 1.57. The predicted octanol–water partition coefficient (Wildman–Crippen LogP) is 4.13. The number of amides is 1. The number of aryl methyl sites for hydroxylation is 1. The number of fused-ring (bicyclic) bond motifs is 1. The number of rotatable bonds is 9. The number of ether oxygens (including phenoxy) is 1. The van der Waals surface area contributed by atoms with Gasteiger partial charge in [0.2, 0.25) is 5.91 Å². The van der Waals surface area contributed by atoms with E-state index in [0.29, 0.717) is 23.3 Å². The fraction of sp³-hybridized carbons (Fsp3) is 0.524. The Bertz CT molecular complexity index is 809. The van der Waals surface area contributed by atoms with Crippen LogP contribution in [0.1, 0.15) is 57.1 Å². The summed E-state index contributed by atoms with van der Waals surface area (Å²) < 4.78 is 10.6. The van der Waals surface area contributed by atoms with Crippen molar-refractivity contribution in [3.05, 3.63) is 39.7 Å². The molecule has 5 nitrogen and oxygen atoms in total. The molecule has 1 atom stereocenters. The summed E-state index contributed by atoms with van der Waals surface area (Å²) in [6.07, 6.45) is 5.12. The van der Waals surface area contributed by atoms with Gasteiger partial charge in [0.25, 0.3) is 0 Å². The molecule has 0 saturated carbocycles. The summed E-state index contributed by atoms with van der Waals surface area (Å²) >= 11 is 0. The van der Waals surface area contributed by atoms with Crippen molar-refractivity contribution < 1.29 is 13.9 Å². The summed E-state index contributed by atoms with van der Waals surface area (Å²) in [5, 5.41) is 3.88. The Morgan fingerprint density at radius 3 is 2.77 bits per heavy atom. The second-order valence-electron chi connectivity index (χ2n) is 6.82. The Hall–Kier alpha value is -2.30. The zero-order valence-corrected chi connectivity index (χ0v) is 16.2. The third kappa shape index (κ3) is 5.10. The van der Waals surface area contributed by atoms with E-state index < -0.39 is 0 Å². The van der Waals surface area contributed by atoms with Crippen LogP contribution >= 0.6 is 0 Å². The highest BCUT2D eigenvalue weighted by molar-refractivity contribution is 5.82. The zero-order valence-electron chi connectivity index (χ0n) is 16.2. The van der Waals surface area contributed by atoms with Crippen LogP contribution < -0.4 is 15.7 Å². The van der Waals surface area contributed by atoms with Crippen molar-refractivity contribution in [2.45, 2.75) is 65.3 Å². The Morgan fingerprint density at radius 2 is 2.08 bits per heavy atom. The third-order valence-corrected chi connectivity index (χ3v) is 4.74. The molecule has 0 aliphatic carbocycles. The molecule has 1 aromatic heterocycles. The first kappa shape index (κ1) is 20.0. The minimum Gasteiger partial charge on any atom is -0.497 e. The zero-order chi connectivity index (χ0) is 19.1. The molecule has 0 bridgehead atoms.